The number of aryl methyl sites for hydroxylation is 3. The molecule has 1 aromatic carbocycles. The monoisotopic (exact) mass is 257 g/mol. The van der Waals surface area contributed by atoms with Gasteiger partial charge in [0.25, 0.3) is 5.56 Å². The molecule has 0 aliphatic heterocycles. The molecule has 0 atom stereocenters. The van der Waals surface area contributed by atoms with Crippen LogP contribution in [0, 0.1) is 20.8 Å². The van der Waals surface area contributed by atoms with Crippen LogP contribution in [-0.2, 0) is 0 Å². The van der Waals surface area contributed by atoms with Crippen LogP contribution in [-0.4, -0.2) is 15.6 Å². The lowest BCUT2D eigenvalue weighted by molar-refractivity contribution is 0.0694. The van der Waals surface area contributed by atoms with Crippen LogP contribution in [0.1, 0.15) is 27.2 Å². The van der Waals surface area contributed by atoms with Crippen LogP contribution in [0.25, 0.3) is 5.69 Å². The van der Waals surface area contributed by atoms with Crippen LogP contribution in [0.15, 0.2) is 35.1 Å². The van der Waals surface area contributed by atoms with E-state index in [1.165, 1.54) is 10.6 Å². The normalized spacial score (nSPS) is 10.5. The molecule has 4 heteroatoms. The van der Waals surface area contributed by atoms with E-state index in [9.17, 15) is 9.59 Å². The van der Waals surface area contributed by atoms with E-state index < -0.39 is 11.5 Å². The summed E-state index contributed by atoms with van der Waals surface area (Å²) < 4.78 is 1.43. The molecule has 0 bridgehead atoms. The van der Waals surface area contributed by atoms with Gasteiger partial charge in [0.05, 0.1) is 0 Å². The fourth-order valence-corrected chi connectivity index (χ4v) is 1.98. The van der Waals surface area contributed by atoms with Crippen LogP contribution in [0.5, 0.6) is 0 Å². The first-order valence-electron chi connectivity index (χ1n) is 5.95. The highest BCUT2D eigenvalue weighted by Gasteiger charge is 2.13. The molecule has 2 aromatic rings. The van der Waals surface area contributed by atoms with Crippen molar-refractivity contribution in [2.75, 3.05) is 0 Å². The molecule has 2 rings (SSSR count). The number of pyridine rings is 1. The average Bonchev–Trinajstić information content (AvgIpc) is 2.33. The second kappa shape index (κ2) is 4.72. The maximum Gasteiger partial charge on any atom is 0.341 e. The molecule has 1 N–H and O–H groups in total. The van der Waals surface area contributed by atoms with Crippen molar-refractivity contribution in [3.63, 3.8) is 0 Å². The molecule has 0 amide bonds. The summed E-state index contributed by atoms with van der Waals surface area (Å²) in [7, 11) is 0. The number of carbonyl (C=O) groups is 1. The Labute approximate surface area is 110 Å². The van der Waals surface area contributed by atoms with E-state index in [0.717, 1.165) is 11.1 Å². The molecular weight excluding hydrogens is 242 g/mol. The van der Waals surface area contributed by atoms with Crippen LogP contribution in [0.4, 0.5) is 0 Å². The lowest BCUT2D eigenvalue weighted by Crippen LogP contribution is -2.26. The second-order valence-corrected chi connectivity index (χ2v) is 4.60. The van der Waals surface area contributed by atoms with Gasteiger partial charge < -0.3 is 5.11 Å². The van der Waals surface area contributed by atoms with Gasteiger partial charge in [0, 0.05) is 11.4 Å². The van der Waals surface area contributed by atoms with Gasteiger partial charge in [0.2, 0.25) is 0 Å². The van der Waals surface area contributed by atoms with Crippen LogP contribution >= 0.6 is 0 Å². The van der Waals surface area contributed by atoms with E-state index in [0.29, 0.717) is 11.4 Å². The summed E-state index contributed by atoms with van der Waals surface area (Å²) in [5.41, 5.74) is 2.86. The Morgan fingerprint density at radius 3 is 2.32 bits per heavy atom. The van der Waals surface area contributed by atoms with Gasteiger partial charge in [-0.3, -0.25) is 9.36 Å². The van der Waals surface area contributed by atoms with Gasteiger partial charge >= 0.3 is 5.97 Å². The third-order valence-electron chi connectivity index (χ3n) is 3.26. The van der Waals surface area contributed by atoms with Crippen molar-refractivity contribution in [3.8, 4) is 5.69 Å². The van der Waals surface area contributed by atoms with Crippen molar-refractivity contribution in [1.82, 2.24) is 4.57 Å². The molecule has 0 saturated carbocycles. The molecule has 0 radical (unpaired) electrons. The Kier molecular flexibility index (Phi) is 3.25. The quantitative estimate of drug-likeness (QED) is 0.899. The number of nitrogens with zero attached hydrogens (tertiary/aromatic N) is 1. The lowest BCUT2D eigenvalue weighted by atomic mass is 10.1. The molecule has 4 nitrogen and oxygen atoms in total. The first kappa shape index (κ1) is 13.1. The Bertz CT molecular complexity index is 714. The number of carboxylic acid groups (broad SMARTS) is 1. The van der Waals surface area contributed by atoms with Crippen LogP contribution in [0.3, 0.4) is 0 Å². The minimum absolute atomic E-state index is 0.219. The minimum Gasteiger partial charge on any atom is -0.477 e. The number of aromatic carboxylic acids is 1. The number of aromatic nitrogens is 1. The zero-order valence-electron chi connectivity index (χ0n) is 11.1. The molecule has 0 unspecified atom stereocenters. The van der Waals surface area contributed by atoms with E-state index in [1.54, 1.807) is 13.0 Å². The number of rotatable bonds is 2. The fourth-order valence-electron chi connectivity index (χ4n) is 1.98. The summed E-state index contributed by atoms with van der Waals surface area (Å²) in [6, 6.07) is 8.61. The van der Waals surface area contributed by atoms with Gasteiger partial charge in [0.15, 0.2) is 0 Å². The highest BCUT2D eigenvalue weighted by Crippen LogP contribution is 2.14. The summed E-state index contributed by atoms with van der Waals surface area (Å²) in [4.78, 5) is 23.2. The van der Waals surface area contributed by atoms with Gasteiger partial charge in [-0.2, -0.15) is 0 Å². The molecule has 0 aliphatic carbocycles. The molecule has 0 fully saturated rings. The maximum absolute atomic E-state index is 12.2. The van der Waals surface area contributed by atoms with Crippen molar-refractivity contribution in [2.45, 2.75) is 20.8 Å². The van der Waals surface area contributed by atoms with Gasteiger partial charge in [-0.05, 0) is 56.2 Å². The predicted molar refractivity (Wildman–Crippen MR) is 73.2 cm³/mol. The predicted octanol–water partition coefficient (Wildman–Crippen LogP) is 2.46. The summed E-state index contributed by atoms with van der Waals surface area (Å²) in [6.07, 6.45) is 0. The highest BCUT2D eigenvalue weighted by atomic mass is 16.4. The summed E-state index contributed by atoms with van der Waals surface area (Å²) in [5.74, 6) is -1.21. The maximum atomic E-state index is 12.2. The van der Waals surface area contributed by atoms with E-state index >= 15 is 0 Å². The van der Waals surface area contributed by atoms with Crippen LogP contribution in [0.2, 0.25) is 0 Å². The van der Waals surface area contributed by atoms with Gasteiger partial charge in [-0.25, -0.2) is 4.79 Å². The first-order chi connectivity index (χ1) is 8.91. The summed E-state index contributed by atoms with van der Waals surface area (Å²) in [6.45, 7) is 5.73. The van der Waals surface area contributed by atoms with Gasteiger partial charge in [-0.15, -0.1) is 0 Å². The van der Waals surface area contributed by atoms with Crippen molar-refractivity contribution >= 4 is 5.97 Å². The average molecular weight is 257 g/mol. The van der Waals surface area contributed by atoms with Crippen molar-refractivity contribution in [2.24, 2.45) is 0 Å². The minimum atomic E-state index is -1.21. The molecule has 98 valence electrons. The van der Waals surface area contributed by atoms with Gasteiger partial charge in [-0.1, -0.05) is 6.07 Å². The number of carboxylic acids is 1. The second-order valence-electron chi connectivity index (χ2n) is 4.60. The SMILES string of the molecule is Cc1ccc(-n2c(C)ccc(C(=O)O)c2=O)cc1C. The molecule has 0 spiro atoms. The highest BCUT2D eigenvalue weighted by molar-refractivity contribution is 5.87. The molecule has 1 aromatic heterocycles. The third kappa shape index (κ3) is 2.29. The Morgan fingerprint density at radius 1 is 1.05 bits per heavy atom. The van der Waals surface area contributed by atoms with Crippen LogP contribution < -0.4 is 5.56 Å². The molecule has 1 heterocycles. The summed E-state index contributed by atoms with van der Waals surface area (Å²) >= 11 is 0. The van der Waals surface area contributed by atoms with E-state index in [4.69, 9.17) is 5.11 Å². The molecule has 19 heavy (non-hydrogen) atoms. The third-order valence-corrected chi connectivity index (χ3v) is 3.26. The first-order valence-corrected chi connectivity index (χ1v) is 5.95. The molecular formula is C15H15NO3. The summed E-state index contributed by atoms with van der Waals surface area (Å²) in [5, 5.41) is 9.01. The number of hydrogen-bond donors (Lipinski definition) is 1. The van der Waals surface area contributed by atoms with Crippen molar-refractivity contribution in [1.29, 1.82) is 0 Å². The van der Waals surface area contributed by atoms with E-state index in [1.807, 2.05) is 32.0 Å². The fraction of sp³-hybridized carbons (Fsp3) is 0.200. The smallest absolute Gasteiger partial charge is 0.341 e. The number of hydrogen-bond acceptors (Lipinski definition) is 2. The Hall–Kier alpha value is -2.36. The standard InChI is InChI=1S/C15H15NO3/c1-9-4-6-12(8-10(9)2)16-11(3)5-7-13(14(16)17)15(18)19/h4-8H,1-3H3,(H,18,19). The largest absolute Gasteiger partial charge is 0.477 e. The zero-order valence-corrected chi connectivity index (χ0v) is 11.1. The number of benzene rings is 1. The van der Waals surface area contributed by atoms with E-state index in [2.05, 4.69) is 0 Å². The topological polar surface area (TPSA) is 59.3 Å². The van der Waals surface area contributed by atoms with Crippen molar-refractivity contribution < 1.29 is 9.90 Å². The molecule has 0 aliphatic rings. The Morgan fingerprint density at radius 2 is 1.74 bits per heavy atom. The van der Waals surface area contributed by atoms with Crippen molar-refractivity contribution in [3.05, 3.63) is 63.1 Å². The Balaban J connectivity index is 2.74. The van der Waals surface area contributed by atoms with Gasteiger partial charge in [0.1, 0.15) is 5.56 Å². The zero-order chi connectivity index (χ0) is 14.2. The lowest BCUT2D eigenvalue weighted by Gasteiger charge is -2.12. The van der Waals surface area contributed by atoms with E-state index in [-0.39, 0.29) is 5.56 Å². The molecule has 0 saturated heterocycles.